The predicted octanol–water partition coefficient (Wildman–Crippen LogP) is 2.57. The van der Waals surface area contributed by atoms with Crippen LogP contribution in [0.2, 0.25) is 0 Å². The smallest absolute Gasteiger partial charge is 0.167 e. The zero-order valence-electron chi connectivity index (χ0n) is 10.6. The summed E-state index contributed by atoms with van der Waals surface area (Å²) in [6, 6.07) is 4.26. The Kier molecular flexibility index (Phi) is 2.17. The number of ether oxygens (including phenoxy) is 2. The molecule has 0 amide bonds. The Balaban J connectivity index is 2.12. The highest BCUT2D eigenvalue weighted by atomic mass is 16.5. The summed E-state index contributed by atoms with van der Waals surface area (Å²) in [6.07, 6.45) is 2.04. The fraction of sp³-hybridized carbons (Fsp3) is 0.571. The van der Waals surface area contributed by atoms with E-state index in [0.717, 1.165) is 29.9 Å². The minimum Gasteiger partial charge on any atom is -0.486 e. The molecule has 2 aliphatic heterocycles. The average molecular weight is 233 g/mol. The lowest BCUT2D eigenvalue weighted by atomic mass is 9.89. The van der Waals surface area contributed by atoms with Gasteiger partial charge in [0.25, 0.3) is 0 Å². The van der Waals surface area contributed by atoms with Crippen molar-refractivity contribution in [3.05, 3.63) is 23.3 Å². The Morgan fingerprint density at radius 2 is 2.06 bits per heavy atom. The second kappa shape index (κ2) is 3.39. The van der Waals surface area contributed by atoms with Crippen LogP contribution in [0.15, 0.2) is 12.1 Å². The molecule has 0 fully saturated rings. The molecule has 0 saturated carbocycles. The molecule has 0 saturated heterocycles. The normalized spacial score (nSPS) is 28.9. The van der Waals surface area contributed by atoms with Crippen molar-refractivity contribution >= 4 is 0 Å². The molecular formula is C14H19NO2. The molecule has 17 heavy (non-hydrogen) atoms. The van der Waals surface area contributed by atoms with Crippen molar-refractivity contribution < 1.29 is 9.47 Å². The summed E-state index contributed by atoms with van der Waals surface area (Å²) >= 11 is 0. The van der Waals surface area contributed by atoms with Crippen molar-refractivity contribution in [1.29, 1.82) is 0 Å². The standard InChI is InChI=1S/C14H19NO2/c1-8-6-9-4-5-10-11(15)7-14(2,3)17-13(10)12(9)16-8/h4-5,8,11H,6-7,15H2,1-3H3. The van der Waals surface area contributed by atoms with Gasteiger partial charge in [0.15, 0.2) is 11.5 Å². The minimum atomic E-state index is -0.212. The molecule has 0 aliphatic carbocycles. The first kappa shape index (κ1) is 10.9. The molecule has 0 bridgehead atoms. The van der Waals surface area contributed by atoms with Crippen LogP contribution in [0.25, 0.3) is 0 Å². The zero-order valence-corrected chi connectivity index (χ0v) is 10.6. The van der Waals surface area contributed by atoms with Gasteiger partial charge in [0.05, 0.1) is 0 Å². The number of hydrogen-bond acceptors (Lipinski definition) is 3. The van der Waals surface area contributed by atoms with Gasteiger partial charge in [0.2, 0.25) is 0 Å². The highest BCUT2D eigenvalue weighted by Gasteiger charge is 2.36. The molecule has 2 atom stereocenters. The minimum absolute atomic E-state index is 0.0403. The van der Waals surface area contributed by atoms with E-state index in [1.165, 1.54) is 5.56 Å². The van der Waals surface area contributed by atoms with Gasteiger partial charge in [-0.1, -0.05) is 12.1 Å². The molecule has 1 aromatic rings. The largest absolute Gasteiger partial charge is 0.486 e. The van der Waals surface area contributed by atoms with Gasteiger partial charge < -0.3 is 15.2 Å². The molecule has 3 heteroatoms. The predicted molar refractivity (Wildman–Crippen MR) is 66.5 cm³/mol. The van der Waals surface area contributed by atoms with Crippen LogP contribution < -0.4 is 15.2 Å². The number of fused-ring (bicyclic) bond motifs is 3. The van der Waals surface area contributed by atoms with Gasteiger partial charge >= 0.3 is 0 Å². The Morgan fingerprint density at radius 3 is 2.82 bits per heavy atom. The second-order valence-electron chi connectivity index (χ2n) is 5.78. The maximum absolute atomic E-state index is 6.22. The molecule has 2 N–H and O–H groups in total. The molecule has 92 valence electrons. The Morgan fingerprint density at radius 1 is 1.29 bits per heavy atom. The van der Waals surface area contributed by atoms with Gasteiger partial charge in [-0.2, -0.15) is 0 Å². The Bertz CT molecular complexity index is 468. The number of nitrogens with two attached hydrogens (primary N) is 1. The summed E-state index contributed by atoms with van der Waals surface area (Å²) in [7, 11) is 0. The summed E-state index contributed by atoms with van der Waals surface area (Å²) in [5.74, 6) is 1.79. The van der Waals surface area contributed by atoms with Crippen molar-refractivity contribution in [2.45, 2.75) is 51.4 Å². The van der Waals surface area contributed by atoms with Gasteiger partial charge in [-0.25, -0.2) is 0 Å². The third-order valence-corrected chi connectivity index (χ3v) is 3.54. The second-order valence-corrected chi connectivity index (χ2v) is 5.78. The van der Waals surface area contributed by atoms with E-state index in [1.807, 2.05) is 0 Å². The fourth-order valence-electron chi connectivity index (χ4n) is 2.82. The monoisotopic (exact) mass is 233 g/mol. The Hall–Kier alpha value is -1.22. The van der Waals surface area contributed by atoms with E-state index in [2.05, 4.69) is 32.9 Å². The van der Waals surface area contributed by atoms with Crippen LogP contribution in [-0.2, 0) is 6.42 Å². The average Bonchev–Trinajstić information content (AvgIpc) is 2.57. The molecule has 2 heterocycles. The lowest BCUT2D eigenvalue weighted by molar-refractivity contribution is 0.0671. The van der Waals surface area contributed by atoms with Crippen LogP contribution in [0.3, 0.4) is 0 Å². The van der Waals surface area contributed by atoms with E-state index in [4.69, 9.17) is 15.2 Å². The first-order chi connectivity index (χ1) is 7.96. The fourth-order valence-corrected chi connectivity index (χ4v) is 2.82. The van der Waals surface area contributed by atoms with E-state index < -0.39 is 0 Å². The van der Waals surface area contributed by atoms with Crippen molar-refractivity contribution in [3.8, 4) is 11.5 Å². The molecule has 3 nitrogen and oxygen atoms in total. The van der Waals surface area contributed by atoms with E-state index in [1.54, 1.807) is 0 Å². The van der Waals surface area contributed by atoms with E-state index >= 15 is 0 Å². The topological polar surface area (TPSA) is 44.5 Å². The highest BCUT2D eigenvalue weighted by molar-refractivity contribution is 5.56. The van der Waals surface area contributed by atoms with E-state index in [9.17, 15) is 0 Å². The van der Waals surface area contributed by atoms with Crippen LogP contribution in [0.5, 0.6) is 11.5 Å². The number of hydrogen-bond donors (Lipinski definition) is 1. The van der Waals surface area contributed by atoms with Crippen LogP contribution in [0.4, 0.5) is 0 Å². The summed E-state index contributed by atoms with van der Waals surface area (Å²) < 4.78 is 11.9. The van der Waals surface area contributed by atoms with Gasteiger partial charge in [-0.15, -0.1) is 0 Å². The molecule has 0 radical (unpaired) electrons. The summed E-state index contributed by atoms with van der Waals surface area (Å²) in [5, 5.41) is 0. The molecule has 2 unspecified atom stereocenters. The van der Waals surface area contributed by atoms with Gasteiger partial charge in [-0.3, -0.25) is 0 Å². The van der Waals surface area contributed by atoms with Crippen LogP contribution in [0, 0.1) is 0 Å². The van der Waals surface area contributed by atoms with Crippen molar-refractivity contribution in [1.82, 2.24) is 0 Å². The van der Waals surface area contributed by atoms with Gasteiger partial charge in [-0.05, 0) is 20.8 Å². The number of benzene rings is 1. The van der Waals surface area contributed by atoms with Crippen LogP contribution in [0.1, 0.15) is 44.4 Å². The highest BCUT2D eigenvalue weighted by Crippen LogP contribution is 2.48. The van der Waals surface area contributed by atoms with E-state index in [0.29, 0.717) is 0 Å². The molecule has 2 aliphatic rings. The molecule has 0 aromatic heterocycles. The lowest BCUT2D eigenvalue weighted by Gasteiger charge is -2.36. The molecular weight excluding hydrogens is 214 g/mol. The molecule has 1 aromatic carbocycles. The van der Waals surface area contributed by atoms with Crippen molar-refractivity contribution in [2.75, 3.05) is 0 Å². The molecule has 0 spiro atoms. The number of rotatable bonds is 0. The molecule has 3 rings (SSSR count). The first-order valence-corrected chi connectivity index (χ1v) is 6.23. The quantitative estimate of drug-likeness (QED) is 0.749. The third-order valence-electron chi connectivity index (χ3n) is 3.54. The van der Waals surface area contributed by atoms with Crippen LogP contribution >= 0.6 is 0 Å². The Labute approximate surface area is 102 Å². The van der Waals surface area contributed by atoms with Gasteiger partial charge in [0.1, 0.15) is 11.7 Å². The third kappa shape index (κ3) is 1.69. The van der Waals surface area contributed by atoms with Gasteiger partial charge in [0, 0.05) is 30.0 Å². The van der Waals surface area contributed by atoms with E-state index in [-0.39, 0.29) is 17.7 Å². The van der Waals surface area contributed by atoms with Crippen LogP contribution in [-0.4, -0.2) is 11.7 Å². The summed E-state index contributed by atoms with van der Waals surface area (Å²) in [4.78, 5) is 0. The summed E-state index contributed by atoms with van der Waals surface area (Å²) in [5.41, 5.74) is 8.32. The zero-order chi connectivity index (χ0) is 12.2. The maximum atomic E-state index is 6.22. The first-order valence-electron chi connectivity index (χ1n) is 6.23. The van der Waals surface area contributed by atoms with Crippen molar-refractivity contribution in [2.24, 2.45) is 5.73 Å². The lowest BCUT2D eigenvalue weighted by Crippen LogP contribution is -2.37. The SMILES string of the molecule is CC1Cc2ccc3c(c2O1)OC(C)(C)CC3N. The maximum Gasteiger partial charge on any atom is 0.167 e. The van der Waals surface area contributed by atoms with Crippen molar-refractivity contribution in [3.63, 3.8) is 0 Å². The summed E-state index contributed by atoms with van der Waals surface area (Å²) in [6.45, 7) is 6.24.